The van der Waals surface area contributed by atoms with Gasteiger partial charge in [0.05, 0.1) is 17.9 Å². The molecule has 1 N–H and O–H groups in total. The second-order valence-corrected chi connectivity index (χ2v) is 11.1. The molecule has 1 fully saturated rings. The number of fused-ring (bicyclic) bond motifs is 3. The van der Waals surface area contributed by atoms with Crippen LogP contribution in [0.5, 0.6) is 0 Å². The lowest BCUT2D eigenvalue weighted by Gasteiger charge is -2.30. The van der Waals surface area contributed by atoms with Crippen LogP contribution < -0.4 is 0 Å². The molecule has 0 unspecified atom stereocenters. The number of para-hydroxylation sites is 1. The molecule has 0 spiro atoms. The van der Waals surface area contributed by atoms with Crippen molar-refractivity contribution in [3.63, 3.8) is 0 Å². The number of hydrogen-bond donors (Lipinski definition) is 1. The molecule has 0 saturated carbocycles. The summed E-state index contributed by atoms with van der Waals surface area (Å²) in [7, 11) is 0. The Kier molecular flexibility index (Phi) is 7.39. The summed E-state index contributed by atoms with van der Waals surface area (Å²) in [6, 6.07) is 12.5. The van der Waals surface area contributed by atoms with Gasteiger partial charge in [-0.3, -0.25) is 9.69 Å². The molecule has 0 aliphatic carbocycles. The topological polar surface area (TPSA) is 65.6 Å². The number of benzene rings is 2. The number of halogens is 1. The van der Waals surface area contributed by atoms with Gasteiger partial charge in [-0.15, -0.1) is 0 Å². The quantitative estimate of drug-likeness (QED) is 0.406. The van der Waals surface area contributed by atoms with E-state index in [4.69, 9.17) is 4.74 Å². The van der Waals surface area contributed by atoms with Gasteiger partial charge in [0.25, 0.3) is 5.91 Å². The number of piperidine rings is 1. The van der Waals surface area contributed by atoms with Gasteiger partial charge in [-0.25, -0.2) is 9.18 Å². The molecule has 0 atom stereocenters. The van der Waals surface area contributed by atoms with Crippen molar-refractivity contribution in [1.82, 2.24) is 14.8 Å². The monoisotopic (exact) mass is 517 g/mol. The zero-order valence-corrected chi connectivity index (χ0v) is 22.5. The minimum absolute atomic E-state index is 0.270. The normalized spacial score (nSPS) is 17.6. The molecule has 3 aromatic rings. The smallest absolute Gasteiger partial charge is 0.341 e. The summed E-state index contributed by atoms with van der Waals surface area (Å²) >= 11 is 0. The molecule has 2 aliphatic rings. The molecule has 6 nitrogen and oxygen atoms in total. The summed E-state index contributed by atoms with van der Waals surface area (Å²) in [4.78, 5) is 34.4. The molecular weight excluding hydrogens is 481 g/mol. The second-order valence-electron chi connectivity index (χ2n) is 11.1. The summed E-state index contributed by atoms with van der Waals surface area (Å²) < 4.78 is 20.3. The number of nitrogens with zero attached hydrogens (tertiary/aromatic N) is 2. The zero-order valence-electron chi connectivity index (χ0n) is 22.5. The number of amides is 1. The van der Waals surface area contributed by atoms with Gasteiger partial charge in [-0.05, 0) is 62.2 Å². The number of rotatable bonds is 6. The fourth-order valence-electron chi connectivity index (χ4n) is 5.73. The third-order valence-electron chi connectivity index (χ3n) is 7.56. The molecular formula is C31H36FN3O3. The fourth-order valence-corrected chi connectivity index (χ4v) is 5.73. The van der Waals surface area contributed by atoms with Gasteiger partial charge in [0.2, 0.25) is 0 Å². The average Bonchev–Trinajstić information content (AvgIpc) is 3.26. The van der Waals surface area contributed by atoms with Crippen LogP contribution in [0.25, 0.3) is 16.5 Å². The Morgan fingerprint density at radius 1 is 1.08 bits per heavy atom. The van der Waals surface area contributed by atoms with E-state index in [9.17, 15) is 14.0 Å². The molecule has 2 aliphatic heterocycles. The van der Waals surface area contributed by atoms with Crippen molar-refractivity contribution >= 4 is 28.4 Å². The lowest BCUT2D eigenvalue weighted by molar-refractivity contribution is -0.136. The largest absolute Gasteiger partial charge is 0.462 e. The van der Waals surface area contributed by atoms with Crippen LogP contribution in [0.15, 0.2) is 48.7 Å². The Balaban J connectivity index is 1.54. The highest BCUT2D eigenvalue weighted by Gasteiger charge is 2.37. The maximum Gasteiger partial charge on any atom is 0.341 e. The van der Waals surface area contributed by atoms with Crippen LogP contribution in [0, 0.1) is 5.82 Å². The first-order valence-electron chi connectivity index (χ1n) is 13.6. The first-order valence-corrected chi connectivity index (χ1v) is 13.6. The molecule has 1 saturated heterocycles. The minimum Gasteiger partial charge on any atom is -0.462 e. The van der Waals surface area contributed by atoms with Crippen LogP contribution in [0.3, 0.4) is 0 Å². The van der Waals surface area contributed by atoms with E-state index in [1.54, 1.807) is 17.2 Å². The number of carbonyl (C=O) groups is 2. The summed E-state index contributed by atoms with van der Waals surface area (Å²) in [5, 5.41) is 1.02. The Morgan fingerprint density at radius 3 is 2.61 bits per heavy atom. The summed E-state index contributed by atoms with van der Waals surface area (Å²) in [6.07, 6.45) is 5.73. The predicted molar refractivity (Wildman–Crippen MR) is 147 cm³/mol. The molecule has 2 aromatic carbocycles. The van der Waals surface area contributed by atoms with Gasteiger partial charge in [0, 0.05) is 46.7 Å². The average molecular weight is 518 g/mol. The lowest BCUT2D eigenvalue weighted by atomic mass is 9.81. The van der Waals surface area contributed by atoms with Crippen molar-refractivity contribution in [2.45, 2.75) is 58.4 Å². The van der Waals surface area contributed by atoms with E-state index in [2.05, 4.69) is 23.7 Å². The van der Waals surface area contributed by atoms with E-state index in [1.807, 2.05) is 31.2 Å². The van der Waals surface area contributed by atoms with Crippen LogP contribution in [0.2, 0.25) is 0 Å². The molecule has 0 bridgehead atoms. The van der Waals surface area contributed by atoms with E-state index >= 15 is 0 Å². The SMILES string of the molecule is CCCOC(=O)C1=CN(C(=O)c2ccc(F)c(CN3CCCCC3)c2)CC(C)(C)c2c1[nH]c1ccccc21. The maximum atomic E-state index is 14.8. The number of likely N-dealkylation sites (tertiary alicyclic amines) is 1. The number of H-pyrrole nitrogens is 1. The summed E-state index contributed by atoms with van der Waals surface area (Å²) in [6.45, 7) is 9.10. The van der Waals surface area contributed by atoms with Gasteiger partial charge >= 0.3 is 5.97 Å². The first kappa shape index (κ1) is 26.2. The predicted octanol–water partition coefficient (Wildman–Crippen LogP) is 6.02. The standard InChI is InChI=1S/C31H36FN3O3/c1-4-16-38-30(37)24-19-35(20-31(2,3)27-23-10-6-7-11-26(23)33-28(24)27)29(36)21-12-13-25(32)22(17-21)18-34-14-8-5-9-15-34/h6-7,10-13,17,19,33H,4-5,8-9,14-16,18,20H2,1-3H3. The molecule has 200 valence electrons. The number of ether oxygens (including phenoxy) is 1. The van der Waals surface area contributed by atoms with Crippen LogP contribution in [-0.2, 0) is 21.5 Å². The molecule has 0 radical (unpaired) electrons. The number of esters is 1. The van der Waals surface area contributed by atoms with Gasteiger partial charge in [-0.2, -0.15) is 0 Å². The van der Waals surface area contributed by atoms with Gasteiger partial charge in [0.15, 0.2) is 0 Å². The van der Waals surface area contributed by atoms with E-state index in [0.29, 0.717) is 48.5 Å². The van der Waals surface area contributed by atoms with Crippen molar-refractivity contribution in [2.75, 3.05) is 26.2 Å². The van der Waals surface area contributed by atoms with Crippen molar-refractivity contribution in [1.29, 1.82) is 0 Å². The molecule has 5 rings (SSSR count). The third-order valence-corrected chi connectivity index (χ3v) is 7.56. The highest BCUT2D eigenvalue weighted by atomic mass is 19.1. The van der Waals surface area contributed by atoms with Gasteiger partial charge < -0.3 is 14.6 Å². The Morgan fingerprint density at radius 2 is 1.84 bits per heavy atom. The van der Waals surface area contributed by atoms with Crippen LogP contribution >= 0.6 is 0 Å². The van der Waals surface area contributed by atoms with E-state index in [0.717, 1.165) is 42.4 Å². The van der Waals surface area contributed by atoms with Crippen LogP contribution in [0.4, 0.5) is 4.39 Å². The molecule has 3 heterocycles. The van der Waals surface area contributed by atoms with E-state index in [1.165, 1.54) is 18.6 Å². The van der Waals surface area contributed by atoms with Crippen molar-refractivity contribution in [3.8, 4) is 0 Å². The Bertz CT molecular complexity index is 1380. The number of aromatic nitrogens is 1. The Labute approximate surface area is 223 Å². The maximum absolute atomic E-state index is 14.8. The van der Waals surface area contributed by atoms with Crippen LogP contribution in [0.1, 0.15) is 73.6 Å². The zero-order chi connectivity index (χ0) is 26.9. The molecule has 1 aromatic heterocycles. The van der Waals surface area contributed by atoms with Gasteiger partial charge in [0.1, 0.15) is 5.82 Å². The summed E-state index contributed by atoms with van der Waals surface area (Å²) in [5.41, 5.74) is 3.35. The lowest BCUT2D eigenvalue weighted by Crippen LogP contribution is -2.37. The fraction of sp³-hybridized carbons (Fsp3) is 0.419. The highest BCUT2D eigenvalue weighted by Crippen LogP contribution is 2.40. The van der Waals surface area contributed by atoms with E-state index in [-0.39, 0.29) is 11.7 Å². The molecule has 1 amide bonds. The number of carbonyl (C=O) groups excluding carboxylic acids is 2. The van der Waals surface area contributed by atoms with E-state index < -0.39 is 11.4 Å². The number of hydrogen-bond acceptors (Lipinski definition) is 4. The number of nitrogens with one attached hydrogen (secondary N) is 1. The second kappa shape index (κ2) is 10.7. The van der Waals surface area contributed by atoms with Gasteiger partial charge in [-0.1, -0.05) is 45.4 Å². The minimum atomic E-state index is -0.482. The van der Waals surface area contributed by atoms with Crippen molar-refractivity contribution < 1.29 is 18.7 Å². The van der Waals surface area contributed by atoms with Crippen LogP contribution in [-0.4, -0.2) is 52.9 Å². The third kappa shape index (κ3) is 5.12. The molecule has 38 heavy (non-hydrogen) atoms. The summed E-state index contributed by atoms with van der Waals surface area (Å²) in [5.74, 6) is -1.04. The first-order chi connectivity index (χ1) is 18.3. The van der Waals surface area contributed by atoms with Crippen molar-refractivity contribution in [2.24, 2.45) is 0 Å². The Hall–Kier alpha value is -3.45. The highest BCUT2D eigenvalue weighted by molar-refractivity contribution is 6.18. The van der Waals surface area contributed by atoms with Crippen molar-refractivity contribution in [3.05, 3.63) is 76.9 Å². The number of aromatic amines is 1. The molecule has 7 heteroatoms.